The van der Waals surface area contributed by atoms with E-state index in [1.165, 1.54) is 0 Å². The fourth-order valence-electron chi connectivity index (χ4n) is 3.78. The Kier molecular flexibility index (Phi) is 9.12. The fourth-order valence-corrected chi connectivity index (χ4v) is 4.30. The predicted molar refractivity (Wildman–Crippen MR) is 116 cm³/mol. The van der Waals surface area contributed by atoms with Crippen molar-refractivity contribution < 1.29 is 27.8 Å². The summed E-state index contributed by atoms with van der Waals surface area (Å²) in [4.78, 5) is 11.5. The van der Waals surface area contributed by atoms with Crippen LogP contribution < -0.4 is 4.72 Å². The predicted octanol–water partition coefficient (Wildman–Crippen LogP) is 2.81. The quantitative estimate of drug-likeness (QED) is 0.339. The van der Waals surface area contributed by atoms with Gasteiger partial charge in [-0.15, -0.1) is 0 Å². The van der Waals surface area contributed by atoms with E-state index in [9.17, 15) is 23.4 Å². The highest BCUT2D eigenvalue weighted by Crippen LogP contribution is 2.37. The molecule has 1 aliphatic rings. The van der Waals surface area contributed by atoms with Gasteiger partial charge in [-0.1, -0.05) is 38.8 Å². The summed E-state index contributed by atoms with van der Waals surface area (Å²) in [5.41, 5.74) is 0.956. The molecule has 0 saturated carbocycles. The van der Waals surface area contributed by atoms with E-state index in [1.807, 2.05) is 23.8 Å². The van der Waals surface area contributed by atoms with Crippen molar-refractivity contribution in [3.05, 3.63) is 35.3 Å². The molecule has 1 heterocycles. The van der Waals surface area contributed by atoms with Crippen LogP contribution in [-0.2, 0) is 27.7 Å². The van der Waals surface area contributed by atoms with E-state index >= 15 is 0 Å². The number of nitrogens with one attached hydrogen (secondary N) is 1. The molecule has 2 rings (SSSR count). The van der Waals surface area contributed by atoms with Crippen molar-refractivity contribution in [2.45, 2.75) is 83.3 Å². The molecule has 0 saturated heterocycles. The third-order valence-electron chi connectivity index (χ3n) is 5.55. The van der Waals surface area contributed by atoms with Crippen LogP contribution in [0.1, 0.15) is 75.4 Å². The summed E-state index contributed by atoms with van der Waals surface area (Å²) in [5.74, 6) is 1.06. The molecule has 0 aliphatic heterocycles. The molecule has 0 fully saturated rings. The molecule has 0 aromatic carbocycles. The number of hydrogen-bond donors (Lipinski definition) is 3. The van der Waals surface area contributed by atoms with Crippen molar-refractivity contribution in [1.29, 1.82) is 0 Å². The van der Waals surface area contributed by atoms with Crippen LogP contribution in [0, 0.1) is 5.92 Å². The number of unbranched alkanes of at least 4 members (excludes halogenated alkanes) is 2. The lowest BCUT2D eigenvalue weighted by Crippen LogP contribution is -2.28. The first-order valence-corrected chi connectivity index (χ1v) is 12.7. The van der Waals surface area contributed by atoms with Gasteiger partial charge in [0.2, 0.25) is 15.9 Å². The Labute approximate surface area is 179 Å². The number of carbonyl (C=O) groups is 1. The van der Waals surface area contributed by atoms with Crippen molar-refractivity contribution in [3.8, 4) is 0 Å². The molecule has 1 aromatic heterocycles. The Morgan fingerprint density at radius 1 is 1.37 bits per heavy atom. The number of rotatable bonds is 12. The van der Waals surface area contributed by atoms with Gasteiger partial charge in [0.05, 0.1) is 18.5 Å². The Bertz CT molecular complexity index is 829. The molecule has 1 aliphatic carbocycles. The van der Waals surface area contributed by atoms with Crippen molar-refractivity contribution in [2.75, 3.05) is 6.26 Å². The number of carbonyl (C=O) groups excluding carboxylic acids is 1. The summed E-state index contributed by atoms with van der Waals surface area (Å²) in [6, 6.07) is 1.95. The highest BCUT2D eigenvalue weighted by atomic mass is 32.2. The van der Waals surface area contributed by atoms with Gasteiger partial charge in [-0.05, 0) is 31.2 Å². The van der Waals surface area contributed by atoms with Gasteiger partial charge in [0.1, 0.15) is 11.5 Å². The van der Waals surface area contributed by atoms with E-state index < -0.39 is 28.1 Å². The lowest BCUT2D eigenvalue weighted by atomic mass is 9.94. The van der Waals surface area contributed by atoms with Crippen LogP contribution in [0.3, 0.4) is 0 Å². The third kappa shape index (κ3) is 7.56. The van der Waals surface area contributed by atoms with Crippen LogP contribution in [0.15, 0.2) is 22.6 Å². The van der Waals surface area contributed by atoms with E-state index in [0.717, 1.165) is 42.6 Å². The Hall–Kier alpha value is -1.64. The van der Waals surface area contributed by atoms with Crippen LogP contribution in [0.5, 0.6) is 0 Å². The zero-order valence-electron chi connectivity index (χ0n) is 18.1. The summed E-state index contributed by atoms with van der Waals surface area (Å²) in [6.45, 7) is 4.17. The Balaban J connectivity index is 1.87. The highest BCUT2D eigenvalue weighted by Gasteiger charge is 2.33. The molecule has 7 nitrogen and oxygen atoms in total. The van der Waals surface area contributed by atoms with Crippen molar-refractivity contribution in [3.63, 3.8) is 0 Å². The maximum Gasteiger partial charge on any atom is 0.233 e. The molecule has 1 unspecified atom stereocenters. The summed E-state index contributed by atoms with van der Waals surface area (Å²) >= 11 is 0. The first-order chi connectivity index (χ1) is 14.1. The van der Waals surface area contributed by atoms with Gasteiger partial charge < -0.3 is 14.6 Å². The summed E-state index contributed by atoms with van der Waals surface area (Å²) < 4.78 is 29.9. The fraction of sp³-hybridized carbons (Fsp3) is 0.682. The van der Waals surface area contributed by atoms with E-state index in [1.54, 1.807) is 6.08 Å². The lowest BCUT2D eigenvalue weighted by Gasteiger charge is -2.16. The summed E-state index contributed by atoms with van der Waals surface area (Å²) in [7, 11) is -3.51. The molecular formula is C22H35NO6S. The molecule has 170 valence electrons. The molecular weight excluding hydrogens is 406 g/mol. The molecule has 3 N–H and O–H groups in total. The average Bonchev–Trinajstić information content (AvgIpc) is 3.16. The Morgan fingerprint density at radius 3 is 2.77 bits per heavy atom. The largest absolute Gasteiger partial charge is 0.466 e. The molecule has 1 amide bonds. The van der Waals surface area contributed by atoms with Crippen molar-refractivity contribution in [2.24, 2.45) is 5.92 Å². The molecule has 1 aromatic rings. The minimum absolute atomic E-state index is 0.145. The number of aliphatic hydroxyl groups is 2. The van der Waals surface area contributed by atoms with E-state index in [0.29, 0.717) is 25.7 Å². The van der Waals surface area contributed by atoms with Gasteiger partial charge in [-0.3, -0.25) is 9.52 Å². The van der Waals surface area contributed by atoms with E-state index in [-0.39, 0.29) is 18.3 Å². The molecule has 0 radical (unpaired) electrons. The van der Waals surface area contributed by atoms with Crippen LogP contribution in [0.2, 0.25) is 0 Å². The van der Waals surface area contributed by atoms with Crippen LogP contribution in [0.4, 0.5) is 0 Å². The van der Waals surface area contributed by atoms with Crippen LogP contribution in [0.25, 0.3) is 0 Å². The summed E-state index contributed by atoms with van der Waals surface area (Å²) in [6.07, 6.45) is 9.19. The van der Waals surface area contributed by atoms with Gasteiger partial charge >= 0.3 is 0 Å². The van der Waals surface area contributed by atoms with Crippen molar-refractivity contribution >= 4 is 15.9 Å². The molecule has 0 spiro atoms. The number of aliphatic hydroxyl groups excluding tert-OH is 2. The lowest BCUT2D eigenvalue weighted by molar-refractivity contribution is -0.119. The average molecular weight is 442 g/mol. The zero-order chi connectivity index (χ0) is 22.3. The maximum atomic E-state index is 11.5. The van der Waals surface area contributed by atoms with Gasteiger partial charge in [-0.25, -0.2) is 8.42 Å². The third-order valence-corrected chi connectivity index (χ3v) is 6.15. The smallest absolute Gasteiger partial charge is 0.233 e. The first-order valence-electron chi connectivity index (χ1n) is 10.8. The molecule has 30 heavy (non-hydrogen) atoms. The number of aryl methyl sites for hydroxylation is 1. The monoisotopic (exact) mass is 441 g/mol. The number of amides is 1. The van der Waals surface area contributed by atoms with E-state index in [2.05, 4.69) is 6.92 Å². The number of sulfonamides is 1. The van der Waals surface area contributed by atoms with Gasteiger partial charge in [0, 0.05) is 30.7 Å². The van der Waals surface area contributed by atoms with Gasteiger partial charge in [0.25, 0.3) is 0 Å². The van der Waals surface area contributed by atoms with Crippen LogP contribution >= 0.6 is 0 Å². The van der Waals surface area contributed by atoms with E-state index in [4.69, 9.17) is 4.42 Å². The van der Waals surface area contributed by atoms with Gasteiger partial charge in [0.15, 0.2) is 0 Å². The van der Waals surface area contributed by atoms with Crippen LogP contribution in [-0.4, -0.2) is 43.0 Å². The zero-order valence-corrected chi connectivity index (χ0v) is 19.0. The minimum atomic E-state index is -3.51. The number of hydrogen-bond acceptors (Lipinski definition) is 6. The minimum Gasteiger partial charge on any atom is -0.466 e. The Morgan fingerprint density at radius 2 is 2.10 bits per heavy atom. The molecule has 8 heteroatoms. The van der Waals surface area contributed by atoms with Gasteiger partial charge in [-0.2, -0.15) is 0 Å². The topological polar surface area (TPSA) is 117 Å². The SMILES string of the molecule is CCCCC(C)[C@H](O)/C=C/[C@@H]1c2cc(CCCCC(=O)NS(C)(=O)=O)oc2C[C@H]1O. The maximum absolute atomic E-state index is 11.5. The second-order valence-electron chi connectivity index (χ2n) is 8.39. The highest BCUT2D eigenvalue weighted by molar-refractivity contribution is 7.89. The number of fused-ring (bicyclic) bond motifs is 1. The molecule has 4 atom stereocenters. The first kappa shape index (κ1) is 24.6. The summed E-state index contributed by atoms with van der Waals surface area (Å²) in [5, 5.41) is 20.7. The normalized spacial score (nSPS) is 21.0. The second-order valence-corrected chi connectivity index (χ2v) is 10.1. The second kappa shape index (κ2) is 11.1. The van der Waals surface area contributed by atoms with Crippen molar-refractivity contribution in [1.82, 2.24) is 4.72 Å². The molecule has 0 bridgehead atoms. The number of furan rings is 1. The standard InChI is InChI=1S/C22H35NO6S/c1-4-5-8-15(2)19(24)12-11-17-18-13-16(29-21(18)14-20(17)25)9-6-7-10-22(26)23-30(3,27)28/h11-13,15,17,19-20,24-25H,4-10,14H2,1-3H3,(H,23,26)/b12-11+/t15?,17-,19-,20-/m1/s1.